The molecule has 0 bridgehead atoms. The summed E-state index contributed by atoms with van der Waals surface area (Å²) in [6.07, 6.45) is 0. The molecule has 3 heteroatoms. The molecule has 1 aliphatic rings. The molecule has 2 heterocycles. The van der Waals surface area contributed by atoms with Crippen molar-refractivity contribution in [3.63, 3.8) is 0 Å². The Kier molecular flexibility index (Phi) is 8.62. The first kappa shape index (κ1) is 36.2. The molecule has 1 aliphatic carbocycles. The van der Waals surface area contributed by atoms with Gasteiger partial charge in [-0.3, -0.25) is 0 Å². The Balaban J connectivity index is 1.07. The van der Waals surface area contributed by atoms with Gasteiger partial charge in [-0.25, -0.2) is 9.97 Å². The van der Waals surface area contributed by atoms with E-state index in [1.165, 1.54) is 64.7 Å². The van der Waals surface area contributed by atoms with Crippen molar-refractivity contribution in [2.24, 2.45) is 0 Å². The highest BCUT2D eigenvalue weighted by Crippen LogP contribution is 2.56. The number of hydrogen-bond donors (Lipinski definition) is 0. The maximum Gasteiger partial charge on any atom is 0.160 e. The Morgan fingerprint density at radius 1 is 0.306 bits per heavy atom. The number of thiophene rings is 1. The summed E-state index contributed by atoms with van der Waals surface area (Å²) in [6.45, 7) is 0. The third-order valence-electron chi connectivity index (χ3n) is 12.6. The molecule has 0 unspecified atom stereocenters. The molecule has 0 saturated heterocycles. The van der Waals surface area contributed by atoms with Crippen molar-refractivity contribution in [3.05, 3.63) is 253 Å². The molecule has 0 atom stereocenters. The van der Waals surface area contributed by atoms with E-state index in [0.717, 1.165) is 39.2 Å². The lowest BCUT2D eigenvalue weighted by atomic mass is 9.67. The Labute approximate surface area is 365 Å². The van der Waals surface area contributed by atoms with E-state index in [0.29, 0.717) is 5.82 Å². The van der Waals surface area contributed by atoms with Crippen molar-refractivity contribution < 1.29 is 0 Å². The molecule has 0 aliphatic heterocycles. The predicted molar refractivity (Wildman–Crippen MR) is 259 cm³/mol. The Morgan fingerprint density at radius 2 is 0.855 bits per heavy atom. The number of hydrogen-bond acceptors (Lipinski definition) is 3. The van der Waals surface area contributed by atoms with Gasteiger partial charge in [-0.1, -0.05) is 194 Å². The minimum absolute atomic E-state index is 0.517. The summed E-state index contributed by atoms with van der Waals surface area (Å²) in [4.78, 5) is 10.7. The van der Waals surface area contributed by atoms with Crippen LogP contribution in [-0.2, 0) is 5.41 Å². The zero-order valence-corrected chi connectivity index (χ0v) is 34.6. The van der Waals surface area contributed by atoms with Crippen molar-refractivity contribution >= 4 is 31.5 Å². The first-order chi connectivity index (χ1) is 30.7. The number of benzene rings is 9. The van der Waals surface area contributed by atoms with Crippen molar-refractivity contribution in [3.8, 4) is 67.3 Å². The molecule has 11 aromatic rings. The SMILES string of the molecule is c1ccc(-c2nc(-c3ccc4c(c3)C(c3ccccc3)(c3ccccc3)c3ccccc3-4)cc(-c3ccc(-c4ccc5sc6ccccc6c5c4)cc3-c3ccccc3)n2)cc1. The lowest BCUT2D eigenvalue weighted by Crippen LogP contribution is -2.28. The molecule has 2 nitrogen and oxygen atoms in total. The molecule has 62 heavy (non-hydrogen) atoms. The van der Waals surface area contributed by atoms with E-state index in [1.807, 2.05) is 17.4 Å². The summed E-state index contributed by atoms with van der Waals surface area (Å²) < 4.78 is 2.62. The van der Waals surface area contributed by atoms with E-state index in [1.54, 1.807) is 0 Å². The topological polar surface area (TPSA) is 25.8 Å². The van der Waals surface area contributed by atoms with Crippen molar-refractivity contribution in [2.75, 3.05) is 0 Å². The average molecular weight is 807 g/mol. The van der Waals surface area contributed by atoms with E-state index in [9.17, 15) is 0 Å². The summed E-state index contributed by atoms with van der Waals surface area (Å²) in [6, 6.07) is 83.5. The lowest BCUT2D eigenvalue weighted by Gasteiger charge is -2.34. The largest absolute Gasteiger partial charge is 0.228 e. The molecule has 2 aromatic heterocycles. The molecule has 0 spiro atoms. The molecule has 9 aromatic carbocycles. The average Bonchev–Trinajstić information content (AvgIpc) is 3.88. The van der Waals surface area contributed by atoms with Crippen LogP contribution in [0.4, 0.5) is 0 Å². The summed E-state index contributed by atoms with van der Waals surface area (Å²) >= 11 is 1.85. The lowest BCUT2D eigenvalue weighted by molar-refractivity contribution is 0.768. The van der Waals surface area contributed by atoms with Crippen LogP contribution in [0.5, 0.6) is 0 Å². The van der Waals surface area contributed by atoms with Gasteiger partial charge in [0.15, 0.2) is 5.82 Å². The Morgan fingerprint density at radius 3 is 1.61 bits per heavy atom. The van der Waals surface area contributed by atoms with Crippen LogP contribution in [0.1, 0.15) is 22.3 Å². The Bertz CT molecular complexity index is 3410. The van der Waals surface area contributed by atoms with Gasteiger partial charge in [-0.05, 0) is 92.0 Å². The molecule has 290 valence electrons. The smallest absolute Gasteiger partial charge is 0.160 e. The van der Waals surface area contributed by atoms with Crippen LogP contribution in [0.25, 0.3) is 87.5 Å². The van der Waals surface area contributed by atoms with Crippen LogP contribution in [0.15, 0.2) is 231 Å². The molecular weight excluding hydrogens is 769 g/mol. The summed E-state index contributed by atoms with van der Waals surface area (Å²) in [5.41, 5.74) is 16.4. The van der Waals surface area contributed by atoms with Crippen LogP contribution in [0.3, 0.4) is 0 Å². The number of aromatic nitrogens is 2. The number of fused-ring (bicyclic) bond motifs is 6. The normalized spacial score (nSPS) is 12.6. The van der Waals surface area contributed by atoms with Gasteiger partial charge >= 0.3 is 0 Å². The van der Waals surface area contributed by atoms with Crippen LogP contribution >= 0.6 is 11.3 Å². The molecular formula is C59H38N2S. The van der Waals surface area contributed by atoms with E-state index in [-0.39, 0.29) is 0 Å². The van der Waals surface area contributed by atoms with Gasteiger partial charge in [-0.15, -0.1) is 11.3 Å². The highest BCUT2D eigenvalue weighted by Gasteiger charge is 2.46. The van der Waals surface area contributed by atoms with Crippen LogP contribution < -0.4 is 0 Å². The molecule has 0 N–H and O–H groups in total. The molecule has 0 radical (unpaired) electrons. The van der Waals surface area contributed by atoms with Gasteiger partial charge in [0.2, 0.25) is 0 Å². The van der Waals surface area contributed by atoms with E-state index >= 15 is 0 Å². The van der Waals surface area contributed by atoms with Gasteiger partial charge in [0.25, 0.3) is 0 Å². The van der Waals surface area contributed by atoms with E-state index < -0.39 is 5.41 Å². The second-order valence-electron chi connectivity index (χ2n) is 16.1. The maximum atomic E-state index is 5.38. The van der Waals surface area contributed by atoms with E-state index in [2.05, 4.69) is 224 Å². The molecule has 0 fully saturated rings. The van der Waals surface area contributed by atoms with Gasteiger partial charge < -0.3 is 0 Å². The van der Waals surface area contributed by atoms with Crippen molar-refractivity contribution in [2.45, 2.75) is 5.41 Å². The predicted octanol–water partition coefficient (Wildman–Crippen LogP) is 15.5. The summed E-state index contributed by atoms with van der Waals surface area (Å²) in [7, 11) is 0. The second kappa shape index (κ2) is 14.8. The number of rotatable bonds is 7. The van der Waals surface area contributed by atoms with Crippen LogP contribution in [0.2, 0.25) is 0 Å². The fraction of sp³-hybridized carbons (Fsp3) is 0.0169. The van der Waals surface area contributed by atoms with Gasteiger partial charge in [0.1, 0.15) is 0 Å². The molecule has 0 amide bonds. The van der Waals surface area contributed by atoms with Crippen molar-refractivity contribution in [1.29, 1.82) is 0 Å². The van der Waals surface area contributed by atoms with Crippen molar-refractivity contribution in [1.82, 2.24) is 9.97 Å². The third-order valence-corrected chi connectivity index (χ3v) is 13.8. The quantitative estimate of drug-likeness (QED) is 0.160. The van der Waals surface area contributed by atoms with Crippen LogP contribution in [0, 0.1) is 0 Å². The minimum Gasteiger partial charge on any atom is -0.228 e. The first-order valence-electron chi connectivity index (χ1n) is 21.1. The van der Waals surface area contributed by atoms with Gasteiger partial charge in [0, 0.05) is 36.9 Å². The monoisotopic (exact) mass is 806 g/mol. The summed E-state index contributed by atoms with van der Waals surface area (Å²) in [5, 5.41) is 2.60. The molecule has 12 rings (SSSR count). The van der Waals surface area contributed by atoms with Gasteiger partial charge in [0.05, 0.1) is 16.8 Å². The molecule has 0 saturated carbocycles. The zero-order valence-electron chi connectivity index (χ0n) is 33.7. The second-order valence-corrected chi connectivity index (χ2v) is 17.1. The fourth-order valence-electron chi connectivity index (χ4n) is 9.76. The fourth-order valence-corrected chi connectivity index (χ4v) is 10.8. The zero-order chi connectivity index (χ0) is 41.0. The highest BCUT2D eigenvalue weighted by atomic mass is 32.1. The third kappa shape index (κ3) is 5.85. The first-order valence-corrected chi connectivity index (χ1v) is 22.0. The van der Waals surface area contributed by atoms with Crippen LogP contribution in [-0.4, -0.2) is 9.97 Å². The maximum absolute atomic E-state index is 5.38. The Hall–Kier alpha value is -7.72. The number of nitrogens with zero attached hydrogens (tertiary/aromatic N) is 2. The standard InChI is InChI=1S/C59H38N2S/c1-5-17-39(18-6-1)50-35-41(42-31-34-57-51(36-42)49-26-14-16-28-56(49)62-57)29-33-48(50)55-38-54(60-58(61-55)40-19-7-2-8-20-40)43-30-32-47-46-25-13-15-27-52(46)59(53(47)37-43,44-21-9-3-10-22-44)45-23-11-4-12-24-45/h1-38H. The van der Waals surface area contributed by atoms with Gasteiger partial charge in [-0.2, -0.15) is 0 Å². The highest BCUT2D eigenvalue weighted by molar-refractivity contribution is 7.25. The minimum atomic E-state index is -0.517. The summed E-state index contributed by atoms with van der Waals surface area (Å²) in [5.74, 6) is 0.692. The van der Waals surface area contributed by atoms with E-state index in [4.69, 9.17) is 9.97 Å².